The molecule has 1 aromatic heterocycles. The van der Waals surface area contributed by atoms with Crippen LogP contribution in [0.3, 0.4) is 0 Å². The Morgan fingerprint density at radius 1 is 1.28 bits per heavy atom. The molecule has 0 radical (unpaired) electrons. The molecule has 0 spiro atoms. The fraction of sp³-hybridized carbons (Fsp3) is 0.214. The van der Waals surface area contributed by atoms with Crippen LogP contribution < -0.4 is 5.32 Å². The van der Waals surface area contributed by atoms with E-state index in [1.807, 2.05) is 25.3 Å². The van der Waals surface area contributed by atoms with Gasteiger partial charge in [0, 0.05) is 15.5 Å². The van der Waals surface area contributed by atoms with Crippen molar-refractivity contribution in [3.63, 3.8) is 0 Å². The Hall–Kier alpha value is -1.13. The lowest BCUT2D eigenvalue weighted by atomic mass is 10.1. The van der Waals surface area contributed by atoms with E-state index in [1.165, 1.54) is 16.0 Å². The van der Waals surface area contributed by atoms with Crippen molar-refractivity contribution in [2.45, 2.75) is 20.8 Å². The van der Waals surface area contributed by atoms with Gasteiger partial charge in [0.25, 0.3) is 0 Å². The molecule has 0 bridgehead atoms. The molecular weight excluding hydrogens is 308 g/mol. The highest BCUT2D eigenvalue weighted by Crippen LogP contribution is 2.22. The van der Waals surface area contributed by atoms with Crippen molar-refractivity contribution in [1.82, 2.24) is 4.98 Å². The molecule has 2 nitrogen and oxygen atoms in total. The molecule has 0 aliphatic heterocycles. The maximum atomic E-state index is 4.45. The zero-order valence-corrected chi connectivity index (χ0v) is 13.0. The minimum Gasteiger partial charge on any atom is -0.338 e. The molecule has 0 saturated heterocycles. The Morgan fingerprint density at radius 2 is 1.94 bits per heavy atom. The lowest BCUT2D eigenvalue weighted by Crippen LogP contribution is -1.89. The lowest BCUT2D eigenvalue weighted by molar-refractivity contribution is 1.23. The van der Waals surface area contributed by atoms with Crippen LogP contribution in [0.25, 0.3) is 5.57 Å². The summed E-state index contributed by atoms with van der Waals surface area (Å²) in [7, 11) is 0. The molecule has 1 N–H and O–H groups in total. The van der Waals surface area contributed by atoms with Gasteiger partial charge in [-0.15, -0.1) is 11.3 Å². The molecule has 0 aliphatic rings. The highest BCUT2D eigenvalue weighted by atomic mass is 79.9. The van der Waals surface area contributed by atoms with Crippen LogP contribution in [0.5, 0.6) is 0 Å². The van der Waals surface area contributed by atoms with Gasteiger partial charge in [0.15, 0.2) is 5.13 Å². The Kier molecular flexibility index (Phi) is 4.19. The van der Waals surface area contributed by atoms with Crippen molar-refractivity contribution < 1.29 is 0 Å². The van der Waals surface area contributed by atoms with Crippen LogP contribution >= 0.6 is 27.3 Å². The molecule has 0 atom stereocenters. The van der Waals surface area contributed by atoms with Gasteiger partial charge >= 0.3 is 0 Å². The Bertz CT molecular complexity index is 550. The van der Waals surface area contributed by atoms with Gasteiger partial charge in [0.2, 0.25) is 0 Å². The van der Waals surface area contributed by atoms with E-state index in [0.29, 0.717) is 0 Å². The summed E-state index contributed by atoms with van der Waals surface area (Å²) in [5.74, 6) is 0. The second kappa shape index (κ2) is 5.67. The lowest BCUT2D eigenvalue weighted by Gasteiger charge is -2.02. The number of thiazole rings is 1. The van der Waals surface area contributed by atoms with Crippen LogP contribution in [0.4, 0.5) is 5.13 Å². The number of aromatic nitrogens is 1. The predicted molar refractivity (Wildman–Crippen MR) is 83.0 cm³/mol. The third-order valence-corrected chi connectivity index (χ3v) is 4.27. The molecule has 1 heterocycles. The number of rotatable bonds is 3. The summed E-state index contributed by atoms with van der Waals surface area (Å²) >= 11 is 5.12. The summed E-state index contributed by atoms with van der Waals surface area (Å²) in [4.78, 5) is 5.70. The molecule has 0 fully saturated rings. The largest absolute Gasteiger partial charge is 0.338 e. The fourth-order valence-corrected chi connectivity index (χ4v) is 2.55. The van der Waals surface area contributed by atoms with E-state index in [1.54, 1.807) is 11.3 Å². The highest BCUT2D eigenvalue weighted by Gasteiger charge is 2.01. The van der Waals surface area contributed by atoms with Gasteiger partial charge < -0.3 is 5.32 Å². The predicted octanol–water partition coefficient (Wildman–Crippen LogP) is 5.00. The summed E-state index contributed by atoms with van der Waals surface area (Å²) in [6, 6.07) is 8.28. The highest BCUT2D eigenvalue weighted by molar-refractivity contribution is 9.10. The van der Waals surface area contributed by atoms with Crippen LogP contribution in [0.2, 0.25) is 0 Å². The maximum Gasteiger partial charge on any atom is 0.187 e. The van der Waals surface area contributed by atoms with Gasteiger partial charge in [-0.05, 0) is 44.0 Å². The molecule has 0 amide bonds. The molecule has 1 aromatic carbocycles. The Labute approximate surface area is 120 Å². The molecule has 4 heteroatoms. The van der Waals surface area contributed by atoms with E-state index in [0.717, 1.165) is 15.3 Å². The van der Waals surface area contributed by atoms with Crippen molar-refractivity contribution >= 4 is 38.0 Å². The van der Waals surface area contributed by atoms with Gasteiger partial charge in [-0.3, -0.25) is 0 Å². The molecule has 0 unspecified atom stereocenters. The zero-order chi connectivity index (χ0) is 13.1. The van der Waals surface area contributed by atoms with Gasteiger partial charge in [0.05, 0.1) is 5.69 Å². The average molecular weight is 323 g/mol. The van der Waals surface area contributed by atoms with Crippen molar-refractivity contribution in [3.05, 3.63) is 51.1 Å². The summed E-state index contributed by atoms with van der Waals surface area (Å²) in [6.45, 7) is 6.20. The molecule has 2 rings (SSSR count). The third kappa shape index (κ3) is 3.21. The number of halogens is 1. The number of anilines is 1. The maximum absolute atomic E-state index is 4.45. The van der Waals surface area contributed by atoms with Crippen LogP contribution in [-0.4, -0.2) is 4.98 Å². The number of nitrogens with zero attached hydrogens (tertiary/aromatic N) is 1. The SMILES string of the molecule is C/C(=C\Nc1nc(C)c(C)s1)c1ccc(Br)cc1. The number of benzene rings is 1. The number of allylic oxidation sites excluding steroid dienone is 1. The van der Waals surface area contributed by atoms with E-state index >= 15 is 0 Å². The van der Waals surface area contributed by atoms with Crippen molar-refractivity contribution in [3.8, 4) is 0 Å². The normalized spacial score (nSPS) is 11.7. The zero-order valence-electron chi connectivity index (χ0n) is 10.6. The molecule has 94 valence electrons. The summed E-state index contributed by atoms with van der Waals surface area (Å²) in [5.41, 5.74) is 3.49. The van der Waals surface area contributed by atoms with E-state index in [2.05, 4.69) is 52.2 Å². The topological polar surface area (TPSA) is 24.9 Å². The van der Waals surface area contributed by atoms with Crippen LogP contribution in [0, 0.1) is 13.8 Å². The van der Waals surface area contributed by atoms with Gasteiger partial charge in [0.1, 0.15) is 0 Å². The van der Waals surface area contributed by atoms with E-state index in [-0.39, 0.29) is 0 Å². The standard InChI is InChI=1S/C14H15BrN2S/c1-9(12-4-6-13(15)7-5-12)8-16-14-17-10(2)11(3)18-14/h4-8H,1-3H3,(H,16,17)/b9-8+. The quantitative estimate of drug-likeness (QED) is 0.860. The molecule has 18 heavy (non-hydrogen) atoms. The molecule has 2 aromatic rings. The first-order valence-corrected chi connectivity index (χ1v) is 7.30. The third-order valence-electron chi connectivity index (χ3n) is 2.74. The van der Waals surface area contributed by atoms with Crippen LogP contribution in [0.1, 0.15) is 23.1 Å². The van der Waals surface area contributed by atoms with Crippen LogP contribution in [0.15, 0.2) is 34.9 Å². The van der Waals surface area contributed by atoms with Crippen molar-refractivity contribution in [2.24, 2.45) is 0 Å². The summed E-state index contributed by atoms with van der Waals surface area (Å²) in [5, 5.41) is 4.20. The van der Waals surface area contributed by atoms with Gasteiger partial charge in [-0.1, -0.05) is 28.1 Å². The molecular formula is C14H15BrN2S. The number of aryl methyl sites for hydroxylation is 2. The first-order chi connectivity index (χ1) is 8.56. The second-order valence-corrected chi connectivity index (χ2v) is 6.26. The second-order valence-electron chi connectivity index (χ2n) is 4.14. The number of hydrogen-bond acceptors (Lipinski definition) is 3. The average Bonchev–Trinajstić information content (AvgIpc) is 2.67. The van der Waals surface area contributed by atoms with E-state index in [4.69, 9.17) is 0 Å². The van der Waals surface area contributed by atoms with Crippen molar-refractivity contribution in [2.75, 3.05) is 5.32 Å². The Balaban J connectivity index is 2.11. The van der Waals surface area contributed by atoms with Gasteiger partial charge in [-0.25, -0.2) is 4.98 Å². The number of hydrogen-bond donors (Lipinski definition) is 1. The fourth-order valence-electron chi connectivity index (χ4n) is 1.50. The molecule has 0 saturated carbocycles. The minimum absolute atomic E-state index is 0.946. The molecule has 0 aliphatic carbocycles. The first-order valence-electron chi connectivity index (χ1n) is 5.69. The smallest absolute Gasteiger partial charge is 0.187 e. The Morgan fingerprint density at radius 3 is 2.50 bits per heavy atom. The minimum atomic E-state index is 0.946. The monoisotopic (exact) mass is 322 g/mol. The van der Waals surface area contributed by atoms with Crippen molar-refractivity contribution in [1.29, 1.82) is 0 Å². The van der Waals surface area contributed by atoms with Gasteiger partial charge in [-0.2, -0.15) is 0 Å². The van der Waals surface area contributed by atoms with Crippen LogP contribution in [-0.2, 0) is 0 Å². The van der Waals surface area contributed by atoms with E-state index < -0.39 is 0 Å². The summed E-state index contributed by atoms with van der Waals surface area (Å²) < 4.78 is 1.10. The van der Waals surface area contributed by atoms with E-state index in [9.17, 15) is 0 Å². The number of nitrogens with one attached hydrogen (secondary N) is 1. The summed E-state index contributed by atoms with van der Waals surface area (Å²) in [6.07, 6.45) is 2.00. The first kappa shape index (κ1) is 13.3.